The maximum absolute atomic E-state index is 12.3. The number of hydrogen-bond acceptors (Lipinski definition) is 3. The molecule has 0 aliphatic heterocycles. The molecule has 0 saturated carbocycles. The van der Waals surface area contributed by atoms with Crippen LogP contribution in [0.25, 0.3) is 0 Å². The van der Waals surface area contributed by atoms with E-state index >= 15 is 0 Å². The predicted octanol–water partition coefficient (Wildman–Crippen LogP) is 0.754. The van der Waals surface area contributed by atoms with Crippen LogP contribution in [0.15, 0.2) is 9.59 Å². The fourth-order valence-electron chi connectivity index (χ4n) is 2.61. The lowest BCUT2D eigenvalue weighted by molar-refractivity contribution is -0.131. The number of carbonyl (C=O) groups excluding carboxylic acids is 1. The Kier molecular flexibility index (Phi) is 5.52. The van der Waals surface area contributed by atoms with Crippen molar-refractivity contribution in [3.63, 3.8) is 0 Å². The highest BCUT2D eigenvalue weighted by atomic mass is 16.2. The van der Waals surface area contributed by atoms with E-state index in [1.807, 2.05) is 20.8 Å². The molecule has 0 aliphatic carbocycles. The summed E-state index contributed by atoms with van der Waals surface area (Å²) in [5, 5.41) is 0. The highest BCUT2D eigenvalue weighted by Gasteiger charge is 2.22. The number of carbonyl (C=O) groups is 1. The summed E-state index contributed by atoms with van der Waals surface area (Å²) in [6.45, 7) is 8.79. The van der Waals surface area contributed by atoms with Gasteiger partial charge in [-0.15, -0.1) is 0 Å². The number of amides is 1. The third-order valence-corrected chi connectivity index (χ3v) is 4.09. The molecule has 1 aromatic rings. The van der Waals surface area contributed by atoms with Gasteiger partial charge in [-0.3, -0.25) is 14.2 Å². The summed E-state index contributed by atoms with van der Waals surface area (Å²) in [6, 6.07) is 0. The first kappa shape index (κ1) is 17.2. The first-order chi connectivity index (χ1) is 9.76. The van der Waals surface area contributed by atoms with Gasteiger partial charge in [-0.1, -0.05) is 6.92 Å². The molecule has 1 atom stereocenters. The molecular formula is C15H25N3O3. The van der Waals surface area contributed by atoms with E-state index in [1.165, 1.54) is 11.6 Å². The van der Waals surface area contributed by atoms with Crippen molar-refractivity contribution in [2.75, 3.05) is 13.1 Å². The highest BCUT2D eigenvalue weighted by Crippen LogP contribution is 2.19. The molecule has 6 nitrogen and oxygen atoms in total. The average molecular weight is 295 g/mol. The quantitative estimate of drug-likeness (QED) is 0.805. The SMILES string of the molecule is CCN(CC)C(=O)CC(C)c1c(C)n(C)c(=O)n(C)c1=O. The zero-order valence-electron chi connectivity index (χ0n) is 13.8. The van der Waals surface area contributed by atoms with E-state index in [0.29, 0.717) is 24.3 Å². The van der Waals surface area contributed by atoms with Gasteiger partial charge >= 0.3 is 5.69 Å². The van der Waals surface area contributed by atoms with Gasteiger partial charge in [-0.25, -0.2) is 4.79 Å². The number of hydrogen-bond donors (Lipinski definition) is 0. The lowest BCUT2D eigenvalue weighted by Gasteiger charge is -2.22. The van der Waals surface area contributed by atoms with Gasteiger partial charge in [0.15, 0.2) is 0 Å². The maximum Gasteiger partial charge on any atom is 0.330 e. The third kappa shape index (κ3) is 3.25. The minimum absolute atomic E-state index is 0.0304. The topological polar surface area (TPSA) is 64.3 Å². The van der Waals surface area contributed by atoms with E-state index in [4.69, 9.17) is 0 Å². The second-order valence-corrected chi connectivity index (χ2v) is 5.38. The van der Waals surface area contributed by atoms with Gasteiger partial charge in [-0.2, -0.15) is 0 Å². The molecule has 0 saturated heterocycles. The van der Waals surface area contributed by atoms with Crippen LogP contribution in [0.3, 0.4) is 0 Å². The molecule has 1 amide bonds. The lowest BCUT2D eigenvalue weighted by atomic mass is 9.96. The molecule has 0 N–H and O–H groups in total. The molecule has 1 unspecified atom stereocenters. The van der Waals surface area contributed by atoms with E-state index < -0.39 is 0 Å². The van der Waals surface area contributed by atoms with Crippen LogP contribution in [-0.2, 0) is 18.9 Å². The lowest BCUT2D eigenvalue weighted by Crippen LogP contribution is -2.41. The second-order valence-electron chi connectivity index (χ2n) is 5.38. The molecule has 6 heteroatoms. The predicted molar refractivity (Wildman–Crippen MR) is 82.6 cm³/mol. The van der Waals surface area contributed by atoms with Gasteiger partial charge in [0.25, 0.3) is 5.56 Å². The Morgan fingerprint density at radius 1 is 1.14 bits per heavy atom. The van der Waals surface area contributed by atoms with Crippen molar-refractivity contribution < 1.29 is 4.79 Å². The summed E-state index contributed by atoms with van der Waals surface area (Å²) in [6.07, 6.45) is 0.274. The number of aromatic nitrogens is 2. The van der Waals surface area contributed by atoms with Crippen molar-refractivity contribution in [1.82, 2.24) is 14.0 Å². The van der Waals surface area contributed by atoms with Gasteiger partial charge < -0.3 is 9.47 Å². The molecule has 1 rings (SSSR count). The fourth-order valence-corrected chi connectivity index (χ4v) is 2.61. The zero-order chi connectivity index (χ0) is 16.3. The Labute approximate surface area is 125 Å². The van der Waals surface area contributed by atoms with Gasteiger partial charge in [0.05, 0.1) is 0 Å². The second kappa shape index (κ2) is 6.74. The average Bonchev–Trinajstić information content (AvgIpc) is 2.44. The Morgan fingerprint density at radius 3 is 2.14 bits per heavy atom. The smallest absolute Gasteiger partial charge is 0.330 e. The first-order valence-electron chi connectivity index (χ1n) is 7.30. The van der Waals surface area contributed by atoms with Crippen LogP contribution in [0, 0.1) is 6.92 Å². The zero-order valence-corrected chi connectivity index (χ0v) is 13.8. The monoisotopic (exact) mass is 295 g/mol. The molecule has 21 heavy (non-hydrogen) atoms. The molecule has 0 aliphatic rings. The largest absolute Gasteiger partial charge is 0.343 e. The molecule has 0 radical (unpaired) electrons. The van der Waals surface area contributed by atoms with E-state index in [2.05, 4.69) is 0 Å². The summed E-state index contributed by atoms with van der Waals surface area (Å²) in [5.41, 5.74) is 0.516. The summed E-state index contributed by atoms with van der Waals surface area (Å²) >= 11 is 0. The van der Waals surface area contributed by atoms with Crippen LogP contribution >= 0.6 is 0 Å². The van der Waals surface area contributed by atoms with Crippen molar-refractivity contribution in [3.05, 3.63) is 32.1 Å². The summed E-state index contributed by atoms with van der Waals surface area (Å²) in [5.74, 6) is -0.189. The molecule has 0 spiro atoms. The Hall–Kier alpha value is -1.85. The van der Waals surface area contributed by atoms with Crippen molar-refractivity contribution in [1.29, 1.82) is 0 Å². The Morgan fingerprint density at radius 2 is 1.67 bits per heavy atom. The fraction of sp³-hybridized carbons (Fsp3) is 0.667. The summed E-state index contributed by atoms with van der Waals surface area (Å²) < 4.78 is 2.55. The van der Waals surface area contributed by atoms with Crippen molar-refractivity contribution >= 4 is 5.91 Å². The van der Waals surface area contributed by atoms with Crippen LogP contribution in [0.5, 0.6) is 0 Å². The third-order valence-electron chi connectivity index (χ3n) is 4.09. The van der Waals surface area contributed by atoms with Gasteiger partial charge in [0.2, 0.25) is 5.91 Å². The van der Waals surface area contributed by atoms with Gasteiger partial charge in [0.1, 0.15) is 0 Å². The first-order valence-corrected chi connectivity index (χ1v) is 7.30. The highest BCUT2D eigenvalue weighted by molar-refractivity contribution is 5.77. The molecule has 0 fully saturated rings. The van der Waals surface area contributed by atoms with Crippen molar-refractivity contribution in [2.45, 2.75) is 40.0 Å². The van der Waals surface area contributed by atoms with Crippen LogP contribution in [0.2, 0.25) is 0 Å². The van der Waals surface area contributed by atoms with Crippen LogP contribution in [0.4, 0.5) is 0 Å². The van der Waals surface area contributed by atoms with Crippen molar-refractivity contribution in [3.8, 4) is 0 Å². The van der Waals surface area contributed by atoms with Gasteiger partial charge in [0, 0.05) is 44.9 Å². The maximum atomic E-state index is 12.3. The molecule has 1 heterocycles. The minimum atomic E-state index is -0.344. The summed E-state index contributed by atoms with van der Waals surface area (Å²) in [7, 11) is 3.10. The minimum Gasteiger partial charge on any atom is -0.343 e. The molecule has 0 bridgehead atoms. The van der Waals surface area contributed by atoms with Gasteiger partial charge in [-0.05, 0) is 26.7 Å². The number of rotatable bonds is 5. The van der Waals surface area contributed by atoms with Crippen molar-refractivity contribution in [2.24, 2.45) is 14.1 Å². The number of nitrogens with zero attached hydrogens (tertiary/aromatic N) is 3. The van der Waals surface area contributed by atoms with E-state index in [9.17, 15) is 14.4 Å². The molecule has 118 valence electrons. The summed E-state index contributed by atoms with van der Waals surface area (Å²) in [4.78, 5) is 38.1. The molecule has 0 aromatic carbocycles. The molecule has 1 aromatic heterocycles. The standard InChI is InChI=1S/C15H25N3O3/c1-7-18(8-2)12(19)9-10(3)13-11(4)16(5)15(21)17(6)14(13)20/h10H,7-9H2,1-6H3. The van der Waals surface area contributed by atoms with Crippen LogP contribution in [0.1, 0.15) is 44.4 Å². The molecular weight excluding hydrogens is 270 g/mol. The normalized spacial score (nSPS) is 12.3. The van der Waals surface area contributed by atoms with E-state index in [0.717, 1.165) is 4.57 Å². The van der Waals surface area contributed by atoms with E-state index in [-0.39, 0.29) is 29.5 Å². The van der Waals surface area contributed by atoms with Crippen LogP contribution < -0.4 is 11.2 Å². The Bertz CT molecular complexity index is 639. The Balaban J connectivity index is 3.21. The van der Waals surface area contributed by atoms with E-state index in [1.54, 1.807) is 18.9 Å². The van der Waals surface area contributed by atoms with Crippen LogP contribution in [-0.4, -0.2) is 33.0 Å².